The number of rotatable bonds is 5. The van der Waals surface area contributed by atoms with E-state index in [1.165, 1.54) is 19.3 Å². The molecule has 0 radical (unpaired) electrons. The van der Waals surface area contributed by atoms with Crippen molar-refractivity contribution < 1.29 is 9.53 Å². The smallest absolute Gasteiger partial charge is 0.306 e. The van der Waals surface area contributed by atoms with E-state index in [0.717, 1.165) is 25.2 Å². The van der Waals surface area contributed by atoms with E-state index >= 15 is 0 Å². The number of carbonyl (C=O) groups is 1. The molecule has 1 aliphatic rings. The zero-order chi connectivity index (χ0) is 12.0. The Morgan fingerprint density at radius 2 is 2.25 bits per heavy atom. The number of ether oxygens (including phenoxy) is 1. The van der Waals surface area contributed by atoms with Crippen molar-refractivity contribution in [3.05, 3.63) is 0 Å². The predicted molar refractivity (Wildman–Crippen MR) is 65.0 cm³/mol. The summed E-state index contributed by atoms with van der Waals surface area (Å²) >= 11 is 0. The van der Waals surface area contributed by atoms with Gasteiger partial charge in [-0.05, 0) is 38.5 Å². The second-order valence-electron chi connectivity index (χ2n) is 5.07. The van der Waals surface area contributed by atoms with Crippen LogP contribution in [0.15, 0.2) is 0 Å². The Bertz CT molecular complexity index is 216. The van der Waals surface area contributed by atoms with Gasteiger partial charge >= 0.3 is 5.97 Å². The van der Waals surface area contributed by atoms with Gasteiger partial charge in [-0.1, -0.05) is 19.8 Å². The Morgan fingerprint density at radius 3 is 2.88 bits per heavy atom. The molecule has 0 heterocycles. The molecule has 94 valence electrons. The summed E-state index contributed by atoms with van der Waals surface area (Å²) < 4.78 is 5.48. The van der Waals surface area contributed by atoms with Crippen LogP contribution >= 0.6 is 0 Å². The molecule has 3 unspecified atom stereocenters. The van der Waals surface area contributed by atoms with Crippen LogP contribution in [0.2, 0.25) is 0 Å². The largest absolute Gasteiger partial charge is 0.462 e. The normalized spacial score (nSPS) is 27.4. The number of esters is 1. The van der Waals surface area contributed by atoms with E-state index in [9.17, 15) is 4.79 Å². The molecule has 0 spiro atoms. The highest BCUT2D eigenvalue weighted by Crippen LogP contribution is 2.28. The van der Waals surface area contributed by atoms with Crippen LogP contribution in [0.5, 0.6) is 0 Å². The lowest BCUT2D eigenvalue weighted by molar-refractivity contribution is -0.151. The van der Waals surface area contributed by atoms with Gasteiger partial charge in [-0.3, -0.25) is 4.79 Å². The molecule has 3 heteroatoms. The second-order valence-corrected chi connectivity index (χ2v) is 5.07. The molecule has 16 heavy (non-hydrogen) atoms. The van der Waals surface area contributed by atoms with Gasteiger partial charge in [0.2, 0.25) is 0 Å². The summed E-state index contributed by atoms with van der Waals surface area (Å²) in [5, 5.41) is 0. The van der Waals surface area contributed by atoms with Gasteiger partial charge < -0.3 is 10.5 Å². The van der Waals surface area contributed by atoms with E-state index in [-0.39, 0.29) is 18.1 Å². The van der Waals surface area contributed by atoms with Crippen LogP contribution in [-0.2, 0) is 9.53 Å². The maximum absolute atomic E-state index is 11.5. The first-order valence-corrected chi connectivity index (χ1v) is 6.56. The number of carbonyl (C=O) groups excluding carboxylic acids is 1. The van der Waals surface area contributed by atoms with Crippen LogP contribution in [0.25, 0.3) is 0 Å². The molecule has 1 rings (SSSR count). The molecule has 0 bridgehead atoms. The lowest BCUT2D eigenvalue weighted by Crippen LogP contribution is -2.26. The minimum atomic E-state index is -0.0703. The van der Waals surface area contributed by atoms with Crippen LogP contribution in [0.3, 0.4) is 0 Å². The van der Waals surface area contributed by atoms with Crippen molar-refractivity contribution in [2.75, 3.05) is 0 Å². The van der Waals surface area contributed by atoms with Gasteiger partial charge in [0.05, 0.1) is 0 Å². The molecule has 0 aromatic rings. The molecule has 0 saturated heterocycles. The maximum atomic E-state index is 11.5. The first-order chi connectivity index (χ1) is 7.61. The summed E-state index contributed by atoms with van der Waals surface area (Å²) in [5.74, 6) is 0.680. The number of nitrogens with two attached hydrogens (primary N) is 1. The molecular weight excluding hydrogens is 202 g/mol. The van der Waals surface area contributed by atoms with Gasteiger partial charge in [-0.25, -0.2) is 0 Å². The topological polar surface area (TPSA) is 52.3 Å². The fourth-order valence-corrected chi connectivity index (χ4v) is 2.31. The number of hydrogen-bond donors (Lipinski definition) is 1. The zero-order valence-electron chi connectivity index (χ0n) is 10.6. The van der Waals surface area contributed by atoms with Gasteiger partial charge in [-0.2, -0.15) is 0 Å². The average molecular weight is 227 g/mol. The fourth-order valence-electron chi connectivity index (χ4n) is 2.31. The highest BCUT2D eigenvalue weighted by atomic mass is 16.5. The molecule has 0 amide bonds. The lowest BCUT2D eigenvalue weighted by atomic mass is 9.85. The molecule has 0 aliphatic heterocycles. The maximum Gasteiger partial charge on any atom is 0.306 e. The Kier molecular flexibility index (Phi) is 5.81. The predicted octanol–water partition coefficient (Wildman–Crippen LogP) is 2.63. The molecule has 3 nitrogen and oxygen atoms in total. The molecular formula is C13H25NO2. The Hall–Kier alpha value is -0.570. The van der Waals surface area contributed by atoms with Gasteiger partial charge in [0, 0.05) is 12.5 Å². The molecule has 1 aliphatic carbocycles. The quantitative estimate of drug-likeness (QED) is 0.735. The van der Waals surface area contributed by atoms with Crippen LogP contribution in [0.4, 0.5) is 0 Å². The van der Waals surface area contributed by atoms with Crippen LogP contribution in [-0.4, -0.2) is 18.1 Å². The summed E-state index contributed by atoms with van der Waals surface area (Å²) in [6, 6.07) is 0.0855. The third kappa shape index (κ3) is 4.97. The minimum Gasteiger partial charge on any atom is -0.462 e. The van der Waals surface area contributed by atoms with Gasteiger partial charge in [0.25, 0.3) is 0 Å². The zero-order valence-corrected chi connectivity index (χ0v) is 10.6. The second kappa shape index (κ2) is 6.89. The number of hydrogen-bond acceptors (Lipinski definition) is 3. The van der Waals surface area contributed by atoms with E-state index in [1.54, 1.807) is 0 Å². The first kappa shape index (κ1) is 13.5. The van der Waals surface area contributed by atoms with Gasteiger partial charge in [-0.15, -0.1) is 0 Å². The van der Waals surface area contributed by atoms with E-state index in [2.05, 4.69) is 6.92 Å². The molecule has 3 atom stereocenters. The third-order valence-corrected chi connectivity index (χ3v) is 3.41. The van der Waals surface area contributed by atoms with Crippen molar-refractivity contribution in [2.24, 2.45) is 11.7 Å². The average Bonchev–Trinajstić information content (AvgIpc) is 2.26. The van der Waals surface area contributed by atoms with Crippen molar-refractivity contribution in [3.63, 3.8) is 0 Å². The van der Waals surface area contributed by atoms with E-state index in [4.69, 9.17) is 10.5 Å². The van der Waals surface area contributed by atoms with Crippen molar-refractivity contribution >= 4 is 5.97 Å². The third-order valence-electron chi connectivity index (χ3n) is 3.41. The molecule has 0 aromatic heterocycles. The van der Waals surface area contributed by atoms with Gasteiger partial charge in [0.15, 0.2) is 0 Å². The summed E-state index contributed by atoms with van der Waals surface area (Å²) in [6.45, 7) is 4.13. The van der Waals surface area contributed by atoms with E-state index < -0.39 is 0 Å². The summed E-state index contributed by atoms with van der Waals surface area (Å²) in [5.41, 5.74) is 5.61. The monoisotopic (exact) mass is 227 g/mol. The highest BCUT2D eigenvalue weighted by molar-refractivity contribution is 5.69. The van der Waals surface area contributed by atoms with Crippen LogP contribution in [0.1, 0.15) is 58.8 Å². The lowest BCUT2D eigenvalue weighted by Gasteiger charge is -2.28. The fraction of sp³-hybridized carbons (Fsp3) is 0.923. The summed E-state index contributed by atoms with van der Waals surface area (Å²) in [6.07, 6.45) is 7.15. The Balaban J connectivity index is 2.22. The highest BCUT2D eigenvalue weighted by Gasteiger charge is 2.23. The molecule has 2 N–H and O–H groups in total. The SMILES string of the molecule is CCC1CCCC(OC(=O)CCC(C)N)C1. The van der Waals surface area contributed by atoms with E-state index in [0.29, 0.717) is 6.42 Å². The molecule has 0 aromatic carbocycles. The Morgan fingerprint density at radius 1 is 1.50 bits per heavy atom. The van der Waals surface area contributed by atoms with Crippen molar-refractivity contribution in [1.82, 2.24) is 0 Å². The van der Waals surface area contributed by atoms with Crippen molar-refractivity contribution in [3.8, 4) is 0 Å². The van der Waals surface area contributed by atoms with E-state index in [1.807, 2.05) is 6.92 Å². The first-order valence-electron chi connectivity index (χ1n) is 6.56. The molecule has 1 saturated carbocycles. The van der Waals surface area contributed by atoms with Crippen LogP contribution in [0, 0.1) is 5.92 Å². The summed E-state index contributed by atoms with van der Waals surface area (Å²) in [7, 11) is 0. The van der Waals surface area contributed by atoms with Crippen LogP contribution < -0.4 is 5.73 Å². The van der Waals surface area contributed by atoms with Gasteiger partial charge in [0.1, 0.15) is 6.10 Å². The van der Waals surface area contributed by atoms with Crippen molar-refractivity contribution in [1.29, 1.82) is 0 Å². The minimum absolute atomic E-state index is 0.0703. The molecule has 1 fully saturated rings. The standard InChI is InChI=1S/C13H25NO2/c1-3-11-5-4-6-12(9-11)16-13(15)8-7-10(2)14/h10-12H,3-9,14H2,1-2H3. The van der Waals surface area contributed by atoms with Crippen molar-refractivity contribution in [2.45, 2.75) is 70.9 Å². The summed E-state index contributed by atoms with van der Waals surface area (Å²) in [4.78, 5) is 11.5. The Labute approximate surface area is 98.7 Å².